The second kappa shape index (κ2) is 7.25. The van der Waals surface area contributed by atoms with Crippen molar-refractivity contribution in [1.29, 1.82) is 0 Å². The molecule has 2 aromatic rings. The number of carbonyl (C=O) groups is 1. The summed E-state index contributed by atoms with van der Waals surface area (Å²) < 4.78 is 10.9. The molecular weight excluding hydrogens is 324 g/mol. The molecule has 1 aromatic carbocycles. The molecule has 1 aliphatic heterocycles. The molecule has 1 aromatic heterocycles. The van der Waals surface area contributed by atoms with Crippen LogP contribution in [0.2, 0.25) is 0 Å². The molecule has 0 aliphatic carbocycles. The van der Waals surface area contributed by atoms with Crippen LogP contribution in [0.25, 0.3) is 11.5 Å². The predicted molar refractivity (Wildman–Crippen MR) is 90.3 cm³/mol. The van der Waals surface area contributed by atoms with Gasteiger partial charge in [0.2, 0.25) is 5.89 Å². The number of aliphatic carboxylic acids is 1. The molecule has 0 saturated carbocycles. The number of rotatable bonds is 5. The molecule has 7 nitrogen and oxygen atoms in total. The molecule has 1 saturated heterocycles. The van der Waals surface area contributed by atoms with Crippen LogP contribution >= 0.6 is 0 Å². The molecule has 0 unspecified atom stereocenters. The molecule has 0 amide bonds. The number of ether oxygens (including phenoxy) is 1. The van der Waals surface area contributed by atoms with Crippen LogP contribution in [-0.4, -0.2) is 52.4 Å². The summed E-state index contributed by atoms with van der Waals surface area (Å²) in [6.07, 6.45) is -0.346. The average Bonchev–Trinajstić information content (AvgIpc) is 2.97. The quantitative estimate of drug-likeness (QED) is 0.854. The number of hydrogen-bond donors (Lipinski definition) is 2. The van der Waals surface area contributed by atoms with Crippen LogP contribution in [0.5, 0.6) is 5.75 Å². The molecule has 0 bridgehead atoms. The van der Waals surface area contributed by atoms with Crippen molar-refractivity contribution in [3.63, 3.8) is 0 Å². The highest BCUT2D eigenvalue weighted by Crippen LogP contribution is 2.26. The van der Waals surface area contributed by atoms with E-state index in [1.165, 1.54) is 0 Å². The summed E-state index contributed by atoms with van der Waals surface area (Å²) in [5.41, 5.74) is 1.64. The third-order valence-electron chi connectivity index (χ3n) is 4.58. The van der Waals surface area contributed by atoms with Crippen molar-refractivity contribution in [2.24, 2.45) is 5.92 Å². The Morgan fingerprint density at radius 1 is 1.40 bits per heavy atom. The summed E-state index contributed by atoms with van der Waals surface area (Å²) in [6, 6.07) is 7.45. The van der Waals surface area contributed by atoms with Gasteiger partial charge in [-0.15, -0.1) is 0 Å². The highest BCUT2D eigenvalue weighted by atomic mass is 16.5. The third kappa shape index (κ3) is 3.83. The van der Waals surface area contributed by atoms with E-state index in [0.717, 1.165) is 17.0 Å². The predicted octanol–water partition coefficient (Wildman–Crippen LogP) is 1.93. The van der Waals surface area contributed by atoms with Crippen LogP contribution < -0.4 is 4.74 Å². The van der Waals surface area contributed by atoms with Crippen LogP contribution in [0.1, 0.15) is 17.9 Å². The van der Waals surface area contributed by atoms with Crippen molar-refractivity contribution in [3.05, 3.63) is 35.7 Å². The van der Waals surface area contributed by atoms with Crippen LogP contribution in [0.3, 0.4) is 0 Å². The van der Waals surface area contributed by atoms with Gasteiger partial charge >= 0.3 is 5.97 Å². The van der Waals surface area contributed by atoms with E-state index in [1.807, 2.05) is 36.1 Å². The Hall–Kier alpha value is -2.38. The third-order valence-corrected chi connectivity index (χ3v) is 4.58. The highest BCUT2D eigenvalue weighted by molar-refractivity contribution is 5.71. The maximum absolute atomic E-state index is 11.2. The number of likely N-dealkylation sites (tertiary alicyclic amines) is 1. The minimum atomic E-state index is -0.965. The maximum atomic E-state index is 11.2. The van der Waals surface area contributed by atoms with Crippen LogP contribution in [-0.2, 0) is 11.3 Å². The first-order valence-corrected chi connectivity index (χ1v) is 8.22. The Kier molecular flexibility index (Phi) is 5.06. The fourth-order valence-electron chi connectivity index (χ4n) is 3.04. The van der Waals surface area contributed by atoms with E-state index in [-0.39, 0.29) is 0 Å². The fraction of sp³-hybridized carbons (Fsp3) is 0.444. The topological polar surface area (TPSA) is 96.0 Å². The number of hydrogen-bond acceptors (Lipinski definition) is 6. The molecule has 0 spiro atoms. The summed E-state index contributed by atoms with van der Waals surface area (Å²) in [5, 5.41) is 19.0. The highest BCUT2D eigenvalue weighted by Gasteiger charge is 2.33. The van der Waals surface area contributed by atoms with E-state index in [4.69, 9.17) is 9.15 Å². The summed E-state index contributed by atoms with van der Waals surface area (Å²) in [5.74, 6) is 0.277. The van der Waals surface area contributed by atoms with Crippen LogP contribution in [0.4, 0.5) is 0 Å². The maximum Gasteiger partial charge on any atom is 0.310 e. The first-order chi connectivity index (χ1) is 12.0. The molecule has 2 atom stereocenters. The lowest BCUT2D eigenvalue weighted by Crippen LogP contribution is -2.46. The summed E-state index contributed by atoms with van der Waals surface area (Å²) in [6.45, 7) is 3.29. The first kappa shape index (κ1) is 17.4. The molecule has 134 valence electrons. The van der Waals surface area contributed by atoms with Crippen LogP contribution in [0, 0.1) is 12.8 Å². The Labute approximate surface area is 145 Å². The number of aryl methyl sites for hydroxylation is 1. The van der Waals surface area contributed by atoms with E-state index in [1.54, 1.807) is 7.11 Å². The monoisotopic (exact) mass is 346 g/mol. The molecular formula is C18H22N2O5. The Bertz CT molecular complexity index is 740. The van der Waals surface area contributed by atoms with Gasteiger partial charge in [0.05, 0.1) is 24.8 Å². The lowest BCUT2D eigenvalue weighted by Gasteiger charge is -2.33. The van der Waals surface area contributed by atoms with Crippen molar-refractivity contribution in [1.82, 2.24) is 9.88 Å². The second-order valence-corrected chi connectivity index (χ2v) is 6.29. The summed E-state index contributed by atoms with van der Waals surface area (Å²) in [7, 11) is 1.61. The van der Waals surface area contributed by atoms with Crippen molar-refractivity contribution in [2.45, 2.75) is 26.0 Å². The normalized spacial score (nSPS) is 21.2. The number of carboxylic acids is 1. The van der Waals surface area contributed by atoms with Gasteiger partial charge in [-0.05, 0) is 37.6 Å². The number of aromatic nitrogens is 1. The fourth-order valence-corrected chi connectivity index (χ4v) is 3.04. The average molecular weight is 346 g/mol. The SMILES string of the molecule is COc1ccc(-c2nc(CN3CC[C@H](O)[C@H](C(=O)O)C3)c(C)o2)cc1. The molecule has 1 fully saturated rings. The molecule has 25 heavy (non-hydrogen) atoms. The minimum absolute atomic E-state index is 0.306. The van der Waals surface area contributed by atoms with E-state index in [0.29, 0.717) is 37.7 Å². The van der Waals surface area contributed by atoms with Crippen molar-refractivity contribution < 1.29 is 24.2 Å². The zero-order valence-electron chi connectivity index (χ0n) is 14.3. The molecule has 2 N–H and O–H groups in total. The molecule has 7 heteroatoms. The van der Waals surface area contributed by atoms with Gasteiger partial charge in [-0.25, -0.2) is 4.98 Å². The second-order valence-electron chi connectivity index (χ2n) is 6.29. The van der Waals surface area contributed by atoms with Gasteiger partial charge in [-0.3, -0.25) is 9.69 Å². The lowest BCUT2D eigenvalue weighted by molar-refractivity contribution is -0.149. The summed E-state index contributed by atoms with van der Waals surface area (Å²) in [4.78, 5) is 17.8. The van der Waals surface area contributed by atoms with Gasteiger partial charge in [-0.2, -0.15) is 0 Å². The van der Waals surface area contributed by atoms with Crippen molar-refractivity contribution in [2.75, 3.05) is 20.2 Å². The number of piperidine rings is 1. The number of oxazole rings is 1. The van der Waals surface area contributed by atoms with Crippen molar-refractivity contribution in [3.8, 4) is 17.2 Å². The number of methoxy groups -OCH3 is 1. The standard InChI is InChI=1S/C18H22N2O5/c1-11-15(10-20-8-7-16(21)14(9-20)18(22)23)19-17(25-11)12-3-5-13(24-2)6-4-12/h3-6,14,16,21H,7-10H2,1-2H3,(H,22,23)/t14-,16+/m1/s1. The number of benzene rings is 1. The number of aliphatic hydroxyl groups is 1. The smallest absolute Gasteiger partial charge is 0.310 e. The van der Waals surface area contributed by atoms with E-state index < -0.39 is 18.0 Å². The Balaban J connectivity index is 1.73. The van der Waals surface area contributed by atoms with Gasteiger partial charge in [0.1, 0.15) is 11.5 Å². The van der Waals surface area contributed by atoms with E-state index in [9.17, 15) is 15.0 Å². The van der Waals surface area contributed by atoms with Gasteiger partial charge in [0.15, 0.2) is 0 Å². The Morgan fingerprint density at radius 3 is 2.76 bits per heavy atom. The van der Waals surface area contributed by atoms with Crippen LogP contribution in [0.15, 0.2) is 28.7 Å². The number of aliphatic hydroxyl groups excluding tert-OH is 1. The van der Waals surface area contributed by atoms with E-state index in [2.05, 4.69) is 4.98 Å². The first-order valence-electron chi connectivity index (χ1n) is 8.22. The molecule has 1 aliphatic rings. The minimum Gasteiger partial charge on any atom is -0.497 e. The van der Waals surface area contributed by atoms with Gasteiger partial charge in [0.25, 0.3) is 0 Å². The van der Waals surface area contributed by atoms with Gasteiger partial charge in [0, 0.05) is 25.2 Å². The zero-order chi connectivity index (χ0) is 18.0. The van der Waals surface area contributed by atoms with Crippen molar-refractivity contribution >= 4 is 5.97 Å². The van der Waals surface area contributed by atoms with Gasteiger partial charge in [-0.1, -0.05) is 0 Å². The number of carboxylic acid groups (broad SMARTS) is 1. The molecule has 2 heterocycles. The summed E-state index contributed by atoms with van der Waals surface area (Å²) >= 11 is 0. The van der Waals surface area contributed by atoms with Gasteiger partial charge < -0.3 is 19.4 Å². The van der Waals surface area contributed by atoms with E-state index >= 15 is 0 Å². The number of nitrogens with zero attached hydrogens (tertiary/aromatic N) is 2. The molecule has 3 rings (SSSR count). The molecule has 0 radical (unpaired) electrons. The largest absolute Gasteiger partial charge is 0.497 e. The lowest BCUT2D eigenvalue weighted by atomic mass is 9.95. The zero-order valence-corrected chi connectivity index (χ0v) is 14.3. The Morgan fingerprint density at radius 2 is 2.12 bits per heavy atom.